The van der Waals surface area contributed by atoms with Crippen LogP contribution in [0.4, 0.5) is 11.7 Å². The van der Waals surface area contributed by atoms with Gasteiger partial charge in [0.1, 0.15) is 0 Å². The molecule has 0 atom stereocenters. The summed E-state index contributed by atoms with van der Waals surface area (Å²) >= 11 is 0. The fourth-order valence-electron chi connectivity index (χ4n) is 2.76. The molecular formula is C19H17N3O3. The lowest BCUT2D eigenvalue weighted by atomic mass is 10.1. The van der Waals surface area contributed by atoms with Gasteiger partial charge in [-0.2, -0.15) is 0 Å². The fraction of sp³-hybridized carbons (Fsp3) is 0.105. The summed E-state index contributed by atoms with van der Waals surface area (Å²) in [6.07, 6.45) is 3.58. The zero-order valence-electron chi connectivity index (χ0n) is 13.9. The summed E-state index contributed by atoms with van der Waals surface area (Å²) in [6.45, 7) is 0. The maximum atomic E-state index is 5.84. The second kappa shape index (κ2) is 6.24. The van der Waals surface area contributed by atoms with Crippen molar-refractivity contribution in [2.75, 3.05) is 19.5 Å². The van der Waals surface area contributed by atoms with Gasteiger partial charge in [0.15, 0.2) is 17.3 Å². The summed E-state index contributed by atoms with van der Waals surface area (Å²) in [7, 11) is 3.21. The highest BCUT2D eigenvalue weighted by molar-refractivity contribution is 5.93. The number of nitrogens with one attached hydrogen (secondary N) is 2. The zero-order chi connectivity index (χ0) is 17.2. The van der Waals surface area contributed by atoms with E-state index in [1.807, 2.05) is 48.7 Å². The van der Waals surface area contributed by atoms with Crippen LogP contribution in [0.2, 0.25) is 0 Å². The van der Waals surface area contributed by atoms with Gasteiger partial charge in [-0.1, -0.05) is 6.07 Å². The molecule has 0 unspecified atom stereocenters. The Morgan fingerprint density at radius 3 is 2.76 bits per heavy atom. The minimum atomic E-state index is 0.429. The summed E-state index contributed by atoms with van der Waals surface area (Å²) in [5, 5.41) is 4.30. The molecule has 2 aromatic heterocycles. The van der Waals surface area contributed by atoms with Gasteiger partial charge >= 0.3 is 0 Å². The number of fused-ring (bicyclic) bond motifs is 1. The second-order valence-corrected chi connectivity index (χ2v) is 5.47. The van der Waals surface area contributed by atoms with E-state index in [1.165, 1.54) is 0 Å². The Kier molecular flexibility index (Phi) is 3.78. The zero-order valence-corrected chi connectivity index (χ0v) is 13.9. The third-order valence-corrected chi connectivity index (χ3v) is 4.01. The molecule has 126 valence electrons. The fourth-order valence-corrected chi connectivity index (χ4v) is 2.76. The van der Waals surface area contributed by atoms with E-state index >= 15 is 0 Å². The lowest BCUT2D eigenvalue weighted by Crippen LogP contribution is -1.90. The first kappa shape index (κ1) is 15.1. The van der Waals surface area contributed by atoms with E-state index < -0.39 is 0 Å². The van der Waals surface area contributed by atoms with Crippen molar-refractivity contribution >= 4 is 22.6 Å². The van der Waals surface area contributed by atoms with Gasteiger partial charge in [0, 0.05) is 22.7 Å². The normalized spacial score (nSPS) is 10.8. The minimum absolute atomic E-state index is 0.429. The standard InChI is InChI=1S/C19H17N3O3/c1-23-16-7-6-12(10-17(16)24-2)18-11-21-19(25-18)22-15-5-3-4-14-13(15)8-9-20-14/h3-11,20H,1-2H3,(H,21,22). The van der Waals surface area contributed by atoms with E-state index in [4.69, 9.17) is 13.9 Å². The maximum Gasteiger partial charge on any atom is 0.299 e. The molecule has 0 radical (unpaired) electrons. The van der Waals surface area contributed by atoms with Crippen LogP contribution in [0, 0.1) is 0 Å². The number of anilines is 2. The van der Waals surface area contributed by atoms with Crippen LogP contribution >= 0.6 is 0 Å². The molecule has 4 rings (SSSR count). The van der Waals surface area contributed by atoms with Crippen LogP contribution in [0.5, 0.6) is 11.5 Å². The number of rotatable bonds is 5. The van der Waals surface area contributed by atoms with Crippen LogP contribution in [-0.4, -0.2) is 24.2 Å². The number of ether oxygens (including phenoxy) is 2. The monoisotopic (exact) mass is 335 g/mol. The summed E-state index contributed by atoms with van der Waals surface area (Å²) in [5.74, 6) is 1.95. The average Bonchev–Trinajstić information content (AvgIpc) is 3.31. The number of aromatic nitrogens is 2. The molecule has 0 aliphatic heterocycles. The molecule has 0 aliphatic rings. The Hall–Kier alpha value is -3.41. The molecule has 0 fully saturated rings. The number of oxazole rings is 1. The third-order valence-electron chi connectivity index (χ3n) is 4.01. The quantitative estimate of drug-likeness (QED) is 0.558. The lowest BCUT2D eigenvalue weighted by Gasteiger charge is -2.08. The smallest absolute Gasteiger partial charge is 0.299 e. The van der Waals surface area contributed by atoms with Gasteiger partial charge in [-0.25, -0.2) is 4.98 Å². The van der Waals surface area contributed by atoms with Crippen molar-refractivity contribution in [1.29, 1.82) is 0 Å². The van der Waals surface area contributed by atoms with Gasteiger partial charge in [-0.15, -0.1) is 0 Å². The number of benzene rings is 2. The SMILES string of the molecule is COc1ccc(-c2cnc(Nc3cccc4[nH]ccc34)o2)cc1OC. The first-order valence-electron chi connectivity index (χ1n) is 7.80. The maximum absolute atomic E-state index is 5.84. The van der Waals surface area contributed by atoms with Crippen molar-refractivity contribution in [2.45, 2.75) is 0 Å². The van der Waals surface area contributed by atoms with Crippen LogP contribution in [0.3, 0.4) is 0 Å². The summed E-state index contributed by atoms with van der Waals surface area (Å²) in [6, 6.07) is 14.0. The highest BCUT2D eigenvalue weighted by Gasteiger charge is 2.11. The molecule has 0 saturated heterocycles. The van der Waals surface area contributed by atoms with Gasteiger partial charge < -0.3 is 24.2 Å². The van der Waals surface area contributed by atoms with Crippen molar-refractivity contribution in [1.82, 2.24) is 9.97 Å². The van der Waals surface area contributed by atoms with Crippen molar-refractivity contribution in [3.63, 3.8) is 0 Å². The van der Waals surface area contributed by atoms with E-state index in [-0.39, 0.29) is 0 Å². The largest absolute Gasteiger partial charge is 0.493 e. The molecule has 4 aromatic rings. The van der Waals surface area contributed by atoms with Gasteiger partial charge in [0.2, 0.25) is 0 Å². The number of nitrogens with zero attached hydrogens (tertiary/aromatic N) is 1. The van der Waals surface area contributed by atoms with Gasteiger partial charge in [-0.3, -0.25) is 0 Å². The first-order valence-corrected chi connectivity index (χ1v) is 7.80. The highest BCUT2D eigenvalue weighted by Crippen LogP contribution is 2.34. The highest BCUT2D eigenvalue weighted by atomic mass is 16.5. The molecule has 0 bridgehead atoms. The predicted molar refractivity (Wildman–Crippen MR) is 96.6 cm³/mol. The Balaban J connectivity index is 1.63. The first-order chi connectivity index (χ1) is 12.3. The van der Waals surface area contributed by atoms with Crippen molar-refractivity contribution in [3.05, 3.63) is 54.9 Å². The number of hydrogen-bond acceptors (Lipinski definition) is 5. The van der Waals surface area contributed by atoms with Gasteiger partial charge in [-0.05, 0) is 36.4 Å². The van der Waals surface area contributed by atoms with E-state index in [9.17, 15) is 0 Å². The predicted octanol–water partition coefficient (Wildman–Crippen LogP) is 4.58. The lowest BCUT2D eigenvalue weighted by molar-refractivity contribution is 0.355. The van der Waals surface area contributed by atoms with Crippen molar-refractivity contribution in [2.24, 2.45) is 0 Å². The third kappa shape index (κ3) is 2.78. The average molecular weight is 335 g/mol. The molecule has 2 N–H and O–H groups in total. The van der Waals surface area contributed by atoms with E-state index in [2.05, 4.69) is 15.3 Å². The van der Waals surface area contributed by atoms with E-state index in [0.717, 1.165) is 22.2 Å². The van der Waals surface area contributed by atoms with Crippen LogP contribution in [0.15, 0.2) is 59.3 Å². The molecule has 0 aliphatic carbocycles. The molecule has 0 amide bonds. The number of H-pyrrole nitrogens is 1. The molecule has 2 aromatic carbocycles. The number of hydrogen-bond donors (Lipinski definition) is 2. The summed E-state index contributed by atoms with van der Waals surface area (Å²) in [4.78, 5) is 7.50. The molecule has 0 spiro atoms. The minimum Gasteiger partial charge on any atom is -0.493 e. The van der Waals surface area contributed by atoms with E-state index in [1.54, 1.807) is 20.4 Å². The molecule has 0 saturated carbocycles. The van der Waals surface area contributed by atoms with Crippen molar-refractivity contribution < 1.29 is 13.9 Å². The molecule has 25 heavy (non-hydrogen) atoms. The molecular weight excluding hydrogens is 318 g/mol. The Bertz CT molecular complexity index is 1020. The van der Waals surface area contributed by atoms with Crippen LogP contribution in [-0.2, 0) is 0 Å². The van der Waals surface area contributed by atoms with Crippen molar-refractivity contribution in [3.8, 4) is 22.8 Å². The number of methoxy groups -OCH3 is 2. The Labute approximate surface area is 144 Å². The topological polar surface area (TPSA) is 72.3 Å². The molecule has 6 heteroatoms. The van der Waals surface area contributed by atoms with E-state index in [0.29, 0.717) is 23.3 Å². The van der Waals surface area contributed by atoms with Gasteiger partial charge in [0.25, 0.3) is 6.01 Å². The second-order valence-electron chi connectivity index (χ2n) is 5.47. The van der Waals surface area contributed by atoms with Gasteiger partial charge in [0.05, 0.1) is 26.1 Å². The number of aromatic amines is 1. The Morgan fingerprint density at radius 1 is 1.04 bits per heavy atom. The van der Waals surface area contributed by atoms with Crippen LogP contribution < -0.4 is 14.8 Å². The van der Waals surface area contributed by atoms with Crippen LogP contribution in [0.25, 0.3) is 22.2 Å². The van der Waals surface area contributed by atoms with Crippen LogP contribution in [0.1, 0.15) is 0 Å². The summed E-state index contributed by atoms with van der Waals surface area (Å²) in [5.41, 5.74) is 2.84. The molecule has 6 nitrogen and oxygen atoms in total. The Morgan fingerprint density at radius 2 is 1.92 bits per heavy atom. The molecule has 2 heterocycles. The summed E-state index contributed by atoms with van der Waals surface area (Å²) < 4.78 is 16.4.